The number of amides is 1. The van der Waals surface area contributed by atoms with E-state index in [0.29, 0.717) is 0 Å². The van der Waals surface area contributed by atoms with Gasteiger partial charge in [-0.3, -0.25) is 14.4 Å². The first kappa shape index (κ1) is 21.8. The number of benzene rings is 1. The van der Waals surface area contributed by atoms with E-state index in [0.717, 1.165) is 5.56 Å². The monoisotopic (exact) mass is 395 g/mol. The third-order valence-corrected chi connectivity index (χ3v) is 4.06. The number of esters is 2. The number of aliphatic hydroxyl groups is 1. The summed E-state index contributed by atoms with van der Waals surface area (Å²) in [7, 11) is 0. The van der Waals surface area contributed by atoms with Crippen molar-refractivity contribution in [3.05, 3.63) is 35.9 Å². The molecule has 2 rings (SSSR count). The average molecular weight is 395 g/mol. The predicted octanol–water partition coefficient (Wildman–Crippen LogP) is 0.288. The van der Waals surface area contributed by atoms with Crippen LogP contribution < -0.4 is 5.32 Å². The van der Waals surface area contributed by atoms with Crippen LogP contribution in [-0.4, -0.2) is 60.2 Å². The van der Waals surface area contributed by atoms with Gasteiger partial charge in [-0.1, -0.05) is 30.3 Å². The standard InChI is InChI=1S/C19H25NO8/c1-11(22)20-16-18(27-13(3)24)17(26-12(2)23)15(9-21)28-19(16)25-10-14-7-5-4-6-8-14/h4-8,15-19,21H,9-10H2,1-3H3,(H,20,22)/t15-,16+,17+,18+,19-/m1/s1. The van der Waals surface area contributed by atoms with Crippen molar-refractivity contribution in [1.82, 2.24) is 5.32 Å². The van der Waals surface area contributed by atoms with Gasteiger partial charge in [0.05, 0.1) is 13.2 Å². The minimum Gasteiger partial charge on any atom is -0.456 e. The first-order valence-electron chi connectivity index (χ1n) is 8.85. The van der Waals surface area contributed by atoms with Gasteiger partial charge >= 0.3 is 11.9 Å². The highest BCUT2D eigenvalue weighted by molar-refractivity contribution is 5.73. The van der Waals surface area contributed by atoms with Crippen LogP contribution in [0.15, 0.2) is 30.3 Å². The van der Waals surface area contributed by atoms with Gasteiger partial charge in [0.1, 0.15) is 12.1 Å². The lowest BCUT2D eigenvalue weighted by molar-refractivity contribution is -0.279. The Balaban J connectivity index is 2.29. The fraction of sp³-hybridized carbons (Fsp3) is 0.526. The number of carbonyl (C=O) groups excluding carboxylic acids is 3. The molecule has 9 heteroatoms. The molecule has 1 aliphatic heterocycles. The maximum absolute atomic E-state index is 11.7. The van der Waals surface area contributed by atoms with E-state index in [1.165, 1.54) is 20.8 Å². The third kappa shape index (κ3) is 6.01. The van der Waals surface area contributed by atoms with Crippen molar-refractivity contribution in [3.8, 4) is 0 Å². The molecule has 154 valence electrons. The summed E-state index contributed by atoms with van der Waals surface area (Å²) in [6.07, 6.45) is -4.26. The zero-order valence-corrected chi connectivity index (χ0v) is 16.0. The van der Waals surface area contributed by atoms with Crippen LogP contribution >= 0.6 is 0 Å². The van der Waals surface area contributed by atoms with Crippen LogP contribution in [0.4, 0.5) is 0 Å². The second-order valence-electron chi connectivity index (χ2n) is 6.40. The minimum atomic E-state index is -1.11. The summed E-state index contributed by atoms with van der Waals surface area (Å²) in [4.78, 5) is 34.9. The summed E-state index contributed by atoms with van der Waals surface area (Å²) >= 11 is 0. The molecule has 1 saturated heterocycles. The Labute approximate surface area is 162 Å². The zero-order chi connectivity index (χ0) is 20.7. The van der Waals surface area contributed by atoms with Crippen LogP contribution in [0.3, 0.4) is 0 Å². The maximum atomic E-state index is 11.7. The molecule has 1 aliphatic rings. The van der Waals surface area contributed by atoms with Crippen molar-refractivity contribution in [2.24, 2.45) is 0 Å². The van der Waals surface area contributed by atoms with E-state index >= 15 is 0 Å². The smallest absolute Gasteiger partial charge is 0.303 e. The molecule has 28 heavy (non-hydrogen) atoms. The molecule has 1 heterocycles. The molecule has 9 nitrogen and oxygen atoms in total. The molecule has 1 aromatic carbocycles. The molecule has 0 aromatic heterocycles. The Morgan fingerprint density at radius 2 is 1.64 bits per heavy atom. The van der Waals surface area contributed by atoms with E-state index in [1.54, 1.807) is 0 Å². The summed E-state index contributed by atoms with van der Waals surface area (Å²) in [5.74, 6) is -1.70. The normalized spacial score (nSPS) is 26.9. The van der Waals surface area contributed by atoms with E-state index < -0.39 is 55.1 Å². The van der Waals surface area contributed by atoms with Crippen molar-refractivity contribution in [3.63, 3.8) is 0 Å². The van der Waals surface area contributed by atoms with E-state index in [9.17, 15) is 19.5 Å². The fourth-order valence-corrected chi connectivity index (χ4v) is 3.00. The molecule has 0 radical (unpaired) electrons. The molecular weight excluding hydrogens is 370 g/mol. The Kier molecular flexibility index (Phi) is 7.91. The largest absolute Gasteiger partial charge is 0.456 e. The number of hydrogen-bond donors (Lipinski definition) is 2. The van der Waals surface area contributed by atoms with Gasteiger partial charge in [0.2, 0.25) is 5.91 Å². The molecule has 1 amide bonds. The maximum Gasteiger partial charge on any atom is 0.303 e. The molecule has 0 bridgehead atoms. The summed E-state index contributed by atoms with van der Waals surface area (Å²) in [6.45, 7) is 3.32. The topological polar surface area (TPSA) is 120 Å². The number of aliphatic hydroxyl groups excluding tert-OH is 1. The van der Waals surface area contributed by atoms with Crippen LogP contribution in [0.2, 0.25) is 0 Å². The van der Waals surface area contributed by atoms with Crippen LogP contribution in [0.25, 0.3) is 0 Å². The average Bonchev–Trinajstić information content (AvgIpc) is 2.63. The van der Waals surface area contributed by atoms with Crippen LogP contribution in [0.1, 0.15) is 26.3 Å². The Morgan fingerprint density at radius 1 is 1.04 bits per heavy atom. The number of ether oxygens (including phenoxy) is 4. The first-order valence-corrected chi connectivity index (χ1v) is 8.85. The van der Waals surface area contributed by atoms with Gasteiger partial charge in [0, 0.05) is 20.8 Å². The molecule has 1 aromatic rings. The molecule has 0 spiro atoms. The van der Waals surface area contributed by atoms with Crippen molar-refractivity contribution in [2.45, 2.75) is 58.0 Å². The SMILES string of the molecule is CC(=O)N[C@@H]1[C@H](OCc2ccccc2)O[C@H](CO)[C@H](OC(C)=O)[C@H]1OC(C)=O. The number of nitrogens with one attached hydrogen (secondary N) is 1. The Bertz CT molecular complexity index is 680. The van der Waals surface area contributed by atoms with E-state index in [-0.39, 0.29) is 6.61 Å². The third-order valence-electron chi connectivity index (χ3n) is 4.06. The van der Waals surface area contributed by atoms with Crippen LogP contribution in [0, 0.1) is 0 Å². The van der Waals surface area contributed by atoms with Crippen molar-refractivity contribution in [1.29, 1.82) is 0 Å². The highest BCUT2D eigenvalue weighted by atomic mass is 16.7. The highest BCUT2D eigenvalue weighted by Crippen LogP contribution is 2.28. The lowest BCUT2D eigenvalue weighted by atomic mass is 9.96. The summed E-state index contributed by atoms with van der Waals surface area (Å²) in [5.41, 5.74) is 0.861. The number of carbonyl (C=O) groups is 3. The van der Waals surface area contributed by atoms with Gasteiger partial charge in [-0.2, -0.15) is 0 Å². The molecule has 1 fully saturated rings. The summed E-state index contributed by atoms with van der Waals surface area (Å²) in [6, 6.07) is 8.32. The Hall–Kier alpha value is -2.49. The fourth-order valence-electron chi connectivity index (χ4n) is 3.00. The van der Waals surface area contributed by atoms with Crippen LogP contribution in [-0.2, 0) is 39.9 Å². The summed E-state index contributed by atoms with van der Waals surface area (Å²) < 4.78 is 22.1. The van der Waals surface area contributed by atoms with Gasteiger partial charge in [0.15, 0.2) is 18.5 Å². The molecule has 0 saturated carbocycles. The first-order chi connectivity index (χ1) is 13.3. The second kappa shape index (κ2) is 10.2. The van der Waals surface area contributed by atoms with Crippen molar-refractivity contribution >= 4 is 17.8 Å². The molecule has 0 unspecified atom stereocenters. The van der Waals surface area contributed by atoms with Crippen molar-refractivity contribution in [2.75, 3.05) is 6.61 Å². The number of rotatable bonds is 7. The van der Waals surface area contributed by atoms with Gasteiger partial charge in [-0.25, -0.2) is 0 Å². The van der Waals surface area contributed by atoms with E-state index in [4.69, 9.17) is 18.9 Å². The lowest BCUT2D eigenvalue weighted by Gasteiger charge is -2.44. The second-order valence-corrected chi connectivity index (χ2v) is 6.40. The minimum absolute atomic E-state index is 0.158. The number of hydrogen-bond acceptors (Lipinski definition) is 8. The van der Waals surface area contributed by atoms with Gasteiger partial charge in [0.25, 0.3) is 0 Å². The molecule has 2 N–H and O–H groups in total. The van der Waals surface area contributed by atoms with E-state index in [1.807, 2.05) is 30.3 Å². The van der Waals surface area contributed by atoms with E-state index in [2.05, 4.69) is 5.32 Å². The van der Waals surface area contributed by atoms with Crippen LogP contribution in [0.5, 0.6) is 0 Å². The highest BCUT2D eigenvalue weighted by Gasteiger charge is 2.50. The van der Waals surface area contributed by atoms with Gasteiger partial charge < -0.3 is 29.4 Å². The zero-order valence-electron chi connectivity index (χ0n) is 16.0. The summed E-state index contributed by atoms with van der Waals surface area (Å²) in [5, 5.41) is 12.3. The van der Waals surface area contributed by atoms with Gasteiger partial charge in [-0.05, 0) is 5.56 Å². The van der Waals surface area contributed by atoms with Crippen molar-refractivity contribution < 1.29 is 38.4 Å². The lowest BCUT2D eigenvalue weighted by Crippen LogP contribution is -2.66. The molecular formula is C19H25NO8. The quantitative estimate of drug-likeness (QED) is 0.632. The van der Waals surface area contributed by atoms with Gasteiger partial charge in [-0.15, -0.1) is 0 Å². The molecule has 0 aliphatic carbocycles. The molecule has 5 atom stereocenters. The predicted molar refractivity (Wildman–Crippen MR) is 95.7 cm³/mol. The Morgan fingerprint density at radius 3 is 2.18 bits per heavy atom.